The van der Waals surface area contributed by atoms with Crippen LogP contribution in [-0.4, -0.2) is 23.3 Å². The van der Waals surface area contributed by atoms with Gasteiger partial charge in [0, 0.05) is 30.8 Å². The van der Waals surface area contributed by atoms with Crippen molar-refractivity contribution in [3.05, 3.63) is 64.2 Å². The number of nitrogens with one attached hydrogen (secondary N) is 1. The molecular weight excluding hydrogens is 348 g/mol. The first kappa shape index (κ1) is 17.5. The summed E-state index contributed by atoms with van der Waals surface area (Å²) in [7, 11) is 0. The summed E-state index contributed by atoms with van der Waals surface area (Å²) in [5.74, 6) is -2.97. The highest BCUT2D eigenvalue weighted by atomic mass is 19.1. The first-order chi connectivity index (χ1) is 12.3. The van der Waals surface area contributed by atoms with Crippen molar-refractivity contribution in [3.63, 3.8) is 0 Å². The average molecular weight is 361 g/mol. The van der Waals surface area contributed by atoms with Crippen LogP contribution in [0.5, 0.6) is 0 Å². The molecule has 1 aliphatic heterocycles. The number of carbonyl (C=O) groups is 2. The molecule has 1 heterocycles. The molecule has 1 atom stereocenters. The third-order valence-corrected chi connectivity index (χ3v) is 4.05. The van der Waals surface area contributed by atoms with Crippen molar-refractivity contribution in [3.8, 4) is 0 Å². The van der Waals surface area contributed by atoms with Gasteiger partial charge >= 0.3 is 0 Å². The van der Waals surface area contributed by atoms with E-state index < -0.39 is 28.4 Å². The van der Waals surface area contributed by atoms with Crippen LogP contribution in [-0.2, 0) is 9.59 Å². The zero-order valence-electron chi connectivity index (χ0n) is 13.3. The highest BCUT2D eigenvalue weighted by Crippen LogP contribution is 2.27. The summed E-state index contributed by atoms with van der Waals surface area (Å²) in [5.41, 5.74) is -0.234. The predicted octanol–water partition coefficient (Wildman–Crippen LogP) is 2.86. The van der Waals surface area contributed by atoms with Gasteiger partial charge in [-0.1, -0.05) is 0 Å². The minimum Gasteiger partial charge on any atom is -0.323 e. The Kier molecular flexibility index (Phi) is 4.61. The highest BCUT2D eigenvalue weighted by Gasteiger charge is 2.35. The molecule has 26 heavy (non-hydrogen) atoms. The lowest BCUT2D eigenvalue weighted by Crippen LogP contribution is -2.28. The Morgan fingerprint density at radius 2 is 1.88 bits per heavy atom. The van der Waals surface area contributed by atoms with Crippen LogP contribution in [0.25, 0.3) is 0 Å². The Bertz CT molecular complexity index is 886. The fourth-order valence-electron chi connectivity index (χ4n) is 2.71. The number of rotatable bonds is 4. The predicted molar refractivity (Wildman–Crippen MR) is 88.5 cm³/mol. The second-order valence-electron chi connectivity index (χ2n) is 5.79. The zero-order valence-corrected chi connectivity index (χ0v) is 13.3. The molecule has 0 bridgehead atoms. The van der Waals surface area contributed by atoms with Gasteiger partial charge < -0.3 is 10.2 Å². The van der Waals surface area contributed by atoms with Crippen LogP contribution in [0.2, 0.25) is 0 Å². The van der Waals surface area contributed by atoms with Crippen LogP contribution in [0.1, 0.15) is 6.42 Å². The minimum absolute atomic E-state index is 0.0485. The van der Waals surface area contributed by atoms with Crippen LogP contribution in [0, 0.1) is 27.7 Å². The normalized spacial score (nSPS) is 16.6. The van der Waals surface area contributed by atoms with Gasteiger partial charge in [0.05, 0.1) is 16.5 Å². The molecule has 2 aromatic rings. The molecule has 2 amide bonds. The molecule has 0 unspecified atom stereocenters. The summed E-state index contributed by atoms with van der Waals surface area (Å²) >= 11 is 0. The Balaban J connectivity index is 1.73. The number of nitro groups is 1. The number of non-ortho nitro benzene ring substituents is 1. The molecule has 1 saturated heterocycles. The number of halogens is 2. The molecule has 0 saturated carbocycles. The van der Waals surface area contributed by atoms with E-state index in [-0.39, 0.29) is 30.2 Å². The number of nitro benzene ring substituents is 1. The fourth-order valence-corrected chi connectivity index (χ4v) is 2.71. The Labute approximate surface area is 146 Å². The standard InChI is InChI=1S/C17H13F2N3O4/c18-11-1-3-12(4-2-11)21-9-10(7-16(21)23)17(24)20-15-8-13(22(25)26)5-6-14(15)19/h1-6,8,10H,7,9H2,(H,20,24)/t10-/m0/s1. The Morgan fingerprint density at radius 3 is 2.54 bits per heavy atom. The molecule has 0 spiro atoms. The van der Waals surface area contributed by atoms with Gasteiger partial charge in [0.2, 0.25) is 11.8 Å². The lowest BCUT2D eigenvalue weighted by Gasteiger charge is -2.16. The summed E-state index contributed by atoms with van der Waals surface area (Å²) < 4.78 is 26.8. The van der Waals surface area contributed by atoms with Crippen molar-refractivity contribution in [2.24, 2.45) is 5.92 Å². The maximum absolute atomic E-state index is 13.8. The molecule has 7 nitrogen and oxygen atoms in total. The monoisotopic (exact) mass is 361 g/mol. The second-order valence-corrected chi connectivity index (χ2v) is 5.79. The molecule has 2 aromatic carbocycles. The van der Waals surface area contributed by atoms with Gasteiger partial charge in [0.1, 0.15) is 11.6 Å². The van der Waals surface area contributed by atoms with E-state index in [1.807, 2.05) is 0 Å². The summed E-state index contributed by atoms with van der Waals surface area (Å²) in [6, 6.07) is 8.05. The first-order valence-corrected chi connectivity index (χ1v) is 7.66. The van der Waals surface area contributed by atoms with Crippen molar-refractivity contribution in [2.45, 2.75) is 6.42 Å². The van der Waals surface area contributed by atoms with Crippen molar-refractivity contribution < 1.29 is 23.3 Å². The van der Waals surface area contributed by atoms with Gasteiger partial charge in [-0.05, 0) is 30.3 Å². The molecular formula is C17H13F2N3O4. The van der Waals surface area contributed by atoms with E-state index in [2.05, 4.69) is 5.32 Å². The fraction of sp³-hybridized carbons (Fsp3) is 0.176. The zero-order chi connectivity index (χ0) is 18.8. The second kappa shape index (κ2) is 6.87. The molecule has 9 heteroatoms. The summed E-state index contributed by atoms with van der Waals surface area (Å²) in [6.45, 7) is 0.0485. The molecule has 134 valence electrons. The van der Waals surface area contributed by atoms with E-state index in [0.717, 1.165) is 18.2 Å². The molecule has 0 aromatic heterocycles. The van der Waals surface area contributed by atoms with E-state index in [1.54, 1.807) is 0 Å². The number of hydrogen-bond donors (Lipinski definition) is 1. The third kappa shape index (κ3) is 3.51. The lowest BCUT2D eigenvalue weighted by atomic mass is 10.1. The SMILES string of the molecule is O=C(Nc1cc([N+](=O)[O-])ccc1F)[C@H]1CC(=O)N(c2ccc(F)cc2)C1. The number of benzene rings is 2. The van der Waals surface area contributed by atoms with Gasteiger partial charge in [-0.15, -0.1) is 0 Å². The summed E-state index contributed by atoms with van der Waals surface area (Å²) in [6.07, 6.45) is -0.0975. The Morgan fingerprint density at radius 1 is 1.19 bits per heavy atom. The quantitative estimate of drug-likeness (QED) is 0.669. The average Bonchev–Trinajstić information content (AvgIpc) is 2.99. The molecule has 1 aliphatic rings. The molecule has 1 N–H and O–H groups in total. The highest BCUT2D eigenvalue weighted by molar-refractivity contribution is 6.03. The van der Waals surface area contributed by atoms with Crippen LogP contribution in [0.3, 0.4) is 0 Å². The van der Waals surface area contributed by atoms with E-state index >= 15 is 0 Å². The number of carbonyl (C=O) groups excluding carboxylic acids is 2. The van der Waals surface area contributed by atoms with Crippen LogP contribution in [0.4, 0.5) is 25.8 Å². The van der Waals surface area contributed by atoms with E-state index in [4.69, 9.17) is 0 Å². The maximum Gasteiger partial charge on any atom is 0.271 e. The Hall–Kier alpha value is -3.36. The first-order valence-electron chi connectivity index (χ1n) is 7.66. The van der Waals surface area contributed by atoms with Crippen molar-refractivity contribution in [1.29, 1.82) is 0 Å². The van der Waals surface area contributed by atoms with Gasteiger partial charge in [-0.3, -0.25) is 19.7 Å². The van der Waals surface area contributed by atoms with Gasteiger partial charge in [-0.2, -0.15) is 0 Å². The summed E-state index contributed by atoms with van der Waals surface area (Å²) in [4.78, 5) is 35.9. The van der Waals surface area contributed by atoms with Gasteiger partial charge in [0.25, 0.3) is 5.69 Å². The van der Waals surface area contributed by atoms with E-state index in [0.29, 0.717) is 5.69 Å². The third-order valence-electron chi connectivity index (χ3n) is 4.05. The van der Waals surface area contributed by atoms with Crippen LogP contribution in [0.15, 0.2) is 42.5 Å². The molecule has 3 rings (SSSR count). The number of anilines is 2. The largest absolute Gasteiger partial charge is 0.323 e. The summed E-state index contributed by atoms with van der Waals surface area (Å²) in [5, 5.41) is 13.1. The van der Waals surface area contributed by atoms with E-state index in [9.17, 15) is 28.5 Å². The molecule has 0 radical (unpaired) electrons. The van der Waals surface area contributed by atoms with Gasteiger partial charge in [0.15, 0.2) is 0 Å². The van der Waals surface area contributed by atoms with Crippen LogP contribution < -0.4 is 10.2 Å². The maximum atomic E-state index is 13.8. The van der Waals surface area contributed by atoms with Crippen molar-refractivity contribution >= 4 is 28.9 Å². The minimum atomic E-state index is -0.816. The molecule has 0 aliphatic carbocycles. The van der Waals surface area contributed by atoms with Gasteiger partial charge in [-0.25, -0.2) is 8.78 Å². The van der Waals surface area contributed by atoms with Crippen molar-refractivity contribution in [2.75, 3.05) is 16.8 Å². The lowest BCUT2D eigenvalue weighted by molar-refractivity contribution is -0.384. The number of hydrogen-bond acceptors (Lipinski definition) is 4. The van der Waals surface area contributed by atoms with E-state index in [1.165, 1.54) is 29.2 Å². The smallest absolute Gasteiger partial charge is 0.271 e. The van der Waals surface area contributed by atoms with Crippen molar-refractivity contribution in [1.82, 2.24) is 0 Å². The van der Waals surface area contributed by atoms with Crippen LogP contribution >= 0.6 is 0 Å². The molecule has 1 fully saturated rings. The number of amides is 2. The topological polar surface area (TPSA) is 92.5 Å². The number of nitrogens with zero attached hydrogens (tertiary/aromatic N) is 2.